The number of aromatic hydroxyl groups is 1. The molecule has 1 aromatic carbocycles. The molecule has 7 nitrogen and oxygen atoms in total. The summed E-state index contributed by atoms with van der Waals surface area (Å²) in [6.07, 6.45) is 2.39. The summed E-state index contributed by atoms with van der Waals surface area (Å²) in [5.74, 6) is -0.394. The third kappa shape index (κ3) is 3.51. The van der Waals surface area contributed by atoms with Gasteiger partial charge < -0.3 is 15.3 Å². The second kappa shape index (κ2) is 7.54. The summed E-state index contributed by atoms with van der Waals surface area (Å²) in [6, 6.07) is 9.71. The fourth-order valence-electron chi connectivity index (χ4n) is 3.32. The number of aromatic amines is 1. The molecule has 0 atom stereocenters. The molecule has 0 aliphatic carbocycles. The Morgan fingerprint density at radius 2 is 2.11 bits per heavy atom. The van der Waals surface area contributed by atoms with Crippen molar-refractivity contribution in [3.63, 3.8) is 0 Å². The Morgan fingerprint density at radius 1 is 1.37 bits per heavy atom. The first-order chi connectivity index (χ1) is 12.9. The van der Waals surface area contributed by atoms with Crippen LogP contribution in [-0.2, 0) is 19.4 Å². The number of rotatable bonds is 6. The molecule has 0 radical (unpaired) electrons. The van der Waals surface area contributed by atoms with Crippen LogP contribution < -0.4 is 10.3 Å². The topological polar surface area (TPSA) is 109 Å². The number of nitrogens with zero attached hydrogens (tertiary/aromatic N) is 3. The molecule has 2 heterocycles. The van der Waals surface area contributed by atoms with Gasteiger partial charge in [-0.15, -0.1) is 4.73 Å². The van der Waals surface area contributed by atoms with E-state index in [4.69, 9.17) is 5.26 Å². The smallest absolute Gasteiger partial charge is 0.398 e. The Kier molecular flexibility index (Phi) is 5.17. The van der Waals surface area contributed by atoms with Crippen LogP contribution in [-0.4, -0.2) is 14.7 Å². The molecule has 0 bridgehead atoms. The zero-order chi connectivity index (χ0) is 19.6. The van der Waals surface area contributed by atoms with Crippen LogP contribution in [0.4, 0.5) is 0 Å². The number of para-hydroxylation sites is 1. The minimum absolute atomic E-state index is 0.00289. The van der Waals surface area contributed by atoms with Crippen LogP contribution >= 0.6 is 0 Å². The molecule has 27 heavy (non-hydrogen) atoms. The third-order valence-corrected chi connectivity index (χ3v) is 4.60. The van der Waals surface area contributed by atoms with E-state index < -0.39 is 11.4 Å². The fourth-order valence-corrected chi connectivity index (χ4v) is 3.32. The lowest BCUT2D eigenvalue weighted by molar-refractivity contribution is -0.624. The maximum absolute atomic E-state index is 12.9. The van der Waals surface area contributed by atoms with Gasteiger partial charge in [-0.05, 0) is 17.5 Å². The molecule has 2 aromatic heterocycles. The van der Waals surface area contributed by atoms with E-state index in [0.29, 0.717) is 4.73 Å². The SMILES string of the molecule is CC(C)Cc1c(=O)n(CCC#N)c(Cc2c[nH]c3ccccc23)c(O)[n+]1[O-]. The van der Waals surface area contributed by atoms with Crippen LogP contribution in [0.3, 0.4) is 0 Å². The zero-order valence-corrected chi connectivity index (χ0v) is 15.4. The van der Waals surface area contributed by atoms with Crippen LogP contribution in [0.2, 0.25) is 0 Å². The van der Waals surface area contributed by atoms with Crippen LogP contribution in [0, 0.1) is 22.5 Å². The number of H-pyrrole nitrogens is 1. The maximum atomic E-state index is 12.9. The van der Waals surface area contributed by atoms with E-state index in [-0.39, 0.29) is 43.1 Å². The Morgan fingerprint density at radius 3 is 2.81 bits per heavy atom. The summed E-state index contributed by atoms with van der Waals surface area (Å²) in [7, 11) is 0. The molecule has 0 saturated carbocycles. The minimum atomic E-state index is -0.478. The van der Waals surface area contributed by atoms with E-state index in [0.717, 1.165) is 16.5 Å². The summed E-state index contributed by atoms with van der Waals surface area (Å²) in [4.78, 5) is 16.1. The lowest BCUT2D eigenvalue weighted by atomic mass is 10.1. The average molecular weight is 366 g/mol. The van der Waals surface area contributed by atoms with Gasteiger partial charge in [-0.3, -0.25) is 9.36 Å². The zero-order valence-electron chi connectivity index (χ0n) is 15.4. The van der Waals surface area contributed by atoms with Crippen molar-refractivity contribution in [1.29, 1.82) is 5.26 Å². The predicted octanol–water partition coefficient (Wildman–Crippen LogP) is 2.37. The van der Waals surface area contributed by atoms with Gasteiger partial charge >= 0.3 is 11.4 Å². The maximum Gasteiger partial charge on any atom is 0.398 e. The monoisotopic (exact) mass is 366 g/mol. The molecule has 0 amide bonds. The van der Waals surface area contributed by atoms with Gasteiger partial charge in [-0.1, -0.05) is 32.0 Å². The van der Waals surface area contributed by atoms with Crippen molar-refractivity contribution in [1.82, 2.24) is 9.55 Å². The molecule has 140 valence electrons. The summed E-state index contributed by atoms with van der Waals surface area (Å²) >= 11 is 0. The summed E-state index contributed by atoms with van der Waals surface area (Å²) in [5.41, 5.74) is 1.58. The van der Waals surface area contributed by atoms with E-state index in [9.17, 15) is 15.1 Å². The van der Waals surface area contributed by atoms with Crippen LogP contribution in [0.15, 0.2) is 35.3 Å². The Bertz CT molecular complexity index is 1070. The molecular weight excluding hydrogens is 344 g/mol. The van der Waals surface area contributed by atoms with Crippen molar-refractivity contribution >= 4 is 10.9 Å². The molecule has 2 N–H and O–H groups in total. The molecule has 0 aliphatic heterocycles. The Hall–Kier alpha value is -3.27. The van der Waals surface area contributed by atoms with Crippen molar-refractivity contribution in [3.8, 4) is 11.9 Å². The molecule has 0 fully saturated rings. The first-order valence-corrected chi connectivity index (χ1v) is 8.93. The number of nitriles is 1. The van der Waals surface area contributed by atoms with E-state index >= 15 is 0 Å². The van der Waals surface area contributed by atoms with Crippen molar-refractivity contribution in [3.05, 3.63) is 63.0 Å². The molecule has 3 aromatic rings. The lowest BCUT2D eigenvalue weighted by Crippen LogP contribution is -2.45. The number of hydrogen-bond acceptors (Lipinski definition) is 4. The van der Waals surface area contributed by atoms with Gasteiger partial charge in [0.05, 0.1) is 12.5 Å². The highest BCUT2D eigenvalue weighted by Gasteiger charge is 2.27. The largest absolute Gasteiger partial charge is 0.616 e. The van der Waals surface area contributed by atoms with Crippen molar-refractivity contribution in [2.24, 2.45) is 5.92 Å². The second-order valence-electron chi connectivity index (χ2n) is 7.01. The van der Waals surface area contributed by atoms with E-state index in [1.165, 1.54) is 4.57 Å². The quantitative estimate of drug-likeness (QED) is 0.515. The average Bonchev–Trinajstić information content (AvgIpc) is 3.06. The van der Waals surface area contributed by atoms with Crippen molar-refractivity contribution < 1.29 is 9.84 Å². The van der Waals surface area contributed by atoms with Gasteiger partial charge in [0, 0.05) is 36.5 Å². The van der Waals surface area contributed by atoms with E-state index in [1.807, 2.05) is 44.2 Å². The second-order valence-corrected chi connectivity index (χ2v) is 7.01. The van der Waals surface area contributed by atoms with Gasteiger partial charge in [0.25, 0.3) is 5.69 Å². The van der Waals surface area contributed by atoms with Crippen molar-refractivity contribution in [2.75, 3.05) is 0 Å². The highest BCUT2D eigenvalue weighted by atomic mass is 16.5. The molecular formula is C20H22N4O3. The molecule has 7 heteroatoms. The van der Waals surface area contributed by atoms with Crippen LogP contribution in [0.1, 0.15) is 37.2 Å². The number of aromatic nitrogens is 3. The fraction of sp³-hybridized carbons (Fsp3) is 0.350. The summed E-state index contributed by atoms with van der Waals surface area (Å²) < 4.78 is 1.71. The highest BCUT2D eigenvalue weighted by molar-refractivity contribution is 5.83. The van der Waals surface area contributed by atoms with Gasteiger partial charge in [-0.2, -0.15) is 5.26 Å². The van der Waals surface area contributed by atoms with Crippen LogP contribution in [0.25, 0.3) is 10.9 Å². The molecule has 3 rings (SSSR count). The minimum Gasteiger partial charge on any atom is -0.616 e. The van der Waals surface area contributed by atoms with Crippen molar-refractivity contribution in [2.45, 2.75) is 39.7 Å². The Balaban J connectivity index is 2.16. The first-order valence-electron chi connectivity index (χ1n) is 8.93. The predicted molar refractivity (Wildman–Crippen MR) is 101 cm³/mol. The Labute approximate surface area is 156 Å². The van der Waals surface area contributed by atoms with E-state index in [2.05, 4.69) is 4.98 Å². The molecule has 0 aliphatic rings. The van der Waals surface area contributed by atoms with Crippen LogP contribution in [0.5, 0.6) is 5.88 Å². The summed E-state index contributed by atoms with van der Waals surface area (Å²) in [5, 5.41) is 33.0. The van der Waals surface area contributed by atoms with E-state index in [1.54, 1.807) is 6.20 Å². The standard InChI is InChI=1S/C20H22N4O3/c1-13(2)10-18-19(25)23(9-5-8-21)17(20(26)24(18)27)11-14-12-22-16-7-4-3-6-15(14)16/h3-4,6-7,12-13,22,26H,5,9-11H2,1-2H3. The highest BCUT2D eigenvalue weighted by Crippen LogP contribution is 2.23. The normalized spacial score (nSPS) is 11.2. The number of hydrogen-bond donors (Lipinski definition) is 2. The number of benzene rings is 1. The number of fused-ring (bicyclic) bond motifs is 1. The van der Waals surface area contributed by atoms with Gasteiger partial charge in [-0.25, -0.2) is 0 Å². The van der Waals surface area contributed by atoms with Gasteiger partial charge in [0.2, 0.25) is 0 Å². The molecule has 0 spiro atoms. The number of nitrogens with one attached hydrogen (secondary N) is 1. The summed E-state index contributed by atoms with van der Waals surface area (Å²) in [6.45, 7) is 3.93. The first kappa shape index (κ1) is 18.5. The van der Waals surface area contributed by atoms with Gasteiger partial charge in [0.1, 0.15) is 5.69 Å². The molecule has 0 unspecified atom stereocenters. The third-order valence-electron chi connectivity index (χ3n) is 4.60. The molecule has 0 saturated heterocycles. The van der Waals surface area contributed by atoms with Gasteiger partial charge in [0.15, 0.2) is 0 Å². The lowest BCUT2D eigenvalue weighted by Gasteiger charge is -2.16.